The lowest BCUT2D eigenvalue weighted by atomic mass is 10.1. The molecule has 1 nitrogen and oxygen atoms in total. The zero-order chi connectivity index (χ0) is 15.6. The van der Waals surface area contributed by atoms with Crippen molar-refractivity contribution in [2.75, 3.05) is 4.90 Å². The molecule has 2 aromatic rings. The minimum Gasteiger partial charge on any atom is -0.339 e. The van der Waals surface area contributed by atoms with Crippen LogP contribution in [0.4, 0.5) is 11.4 Å². The van der Waals surface area contributed by atoms with Crippen molar-refractivity contribution in [3.63, 3.8) is 0 Å². The van der Waals surface area contributed by atoms with E-state index in [1.807, 2.05) is 0 Å². The summed E-state index contributed by atoms with van der Waals surface area (Å²) in [5, 5.41) is 1.51. The first-order valence-electron chi connectivity index (χ1n) is 7.75. The van der Waals surface area contributed by atoms with Gasteiger partial charge in [0.25, 0.3) is 0 Å². The zero-order valence-corrected chi connectivity index (χ0v) is 15.1. The summed E-state index contributed by atoms with van der Waals surface area (Å²) in [4.78, 5) is 2.40. The van der Waals surface area contributed by atoms with Crippen LogP contribution in [0.2, 0.25) is 19.6 Å². The third kappa shape index (κ3) is 3.76. The summed E-state index contributed by atoms with van der Waals surface area (Å²) in [6, 6.07) is 18.3. The van der Waals surface area contributed by atoms with Gasteiger partial charge in [0.2, 0.25) is 0 Å². The highest BCUT2D eigenvalue weighted by Crippen LogP contribution is 2.28. The topological polar surface area (TPSA) is 3.24 Å². The lowest BCUT2D eigenvalue weighted by Crippen LogP contribution is -2.37. The Morgan fingerprint density at radius 2 is 1.48 bits per heavy atom. The molecule has 0 spiro atoms. The van der Waals surface area contributed by atoms with E-state index < -0.39 is 8.07 Å². The Labute approximate surface area is 130 Å². The third-order valence-corrected chi connectivity index (χ3v) is 5.87. The molecule has 21 heavy (non-hydrogen) atoms. The largest absolute Gasteiger partial charge is 0.339 e. The van der Waals surface area contributed by atoms with Gasteiger partial charge in [-0.15, -0.1) is 0 Å². The van der Waals surface area contributed by atoms with Gasteiger partial charge in [0.1, 0.15) is 0 Å². The molecular formula is C19H27NSi. The van der Waals surface area contributed by atoms with E-state index in [0.717, 1.165) is 0 Å². The number of nitrogens with zero attached hydrogens (tertiary/aromatic N) is 1. The summed E-state index contributed by atoms with van der Waals surface area (Å²) in [6.45, 7) is 13.8. The molecule has 0 atom stereocenters. The van der Waals surface area contributed by atoms with Crippen molar-refractivity contribution in [3.05, 3.63) is 54.1 Å². The molecule has 2 aromatic carbocycles. The van der Waals surface area contributed by atoms with Crippen molar-refractivity contribution in [1.82, 2.24) is 0 Å². The summed E-state index contributed by atoms with van der Waals surface area (Å²) < 4.78 is 0. The highest BCUT2D eigenvalue weighted by Gasteiger charge is 2.18. The van der Waals surface area contributed by atoms with Gasteiger partial charge in [-0.2, -0.15) is 0 Å². The Morgan fingerprint density at radius 1 is 0.857 bits per heavy atom. The second-order valence-electron chi connectivity index (χ2n) is 7.10. The van der Waals surface area contributed by atoms with Gasteiger partial charge in [0, 0.05) is 17.4 Å². The summed E-state index contributed by atoms with van der Waals surface area (Å²) in [5.74, 6) is 0. The van der Waals surface area contributed by atoms with Gasteiger partial charge in [0.15, 0.2) is 0 Å². The second kappa shape index (κ2) is 6.06. The van der Waals surface area contributed by atoms with Crippen LogP contribution in [0.25, 0.3) is 0 Å². The average Bonchev–Trinajstić information content (AvgIpc) is 2.38. The fourth-order valence-electron chi connectivity index (χ4n) is 2.65. The first-order valence-corrected chi connectivity index (χ1v) is 11.3. The van der Waals surface area contributed by atoms with Gasteiger partial charge in [0.05, 0.1) is 8.07 Å². The van der Waals surface area contributed by atoms with Crippen molar-refractivity contribution in [2.24, 2.45) is 0 Å². The smallest absolute Gasteiger partial charge is 0.0775 e. The Balaban J connectivity index is 2.40. The van der Waals surface area contributed by atoms with Crippen LogP contribution >= 0.6 is 0 Å². The molecule has 0 bridgehead atoms. The molecule has 0 saturated heterocycles. The highest BCUT2D eigenvalue weighted by molar-refractivity contribution is 6.88. The van der Waals surface area contributed by atoms with Crippen molar-refractivity contribution in [1.29, 1.82) is 0 Å². The average molecular weight is 298 g/mol. The molecule has 2 rings (SSSR count). The number of hydrogen-bond acceptors (Lipinski definition) is 1. The first-order chi connectivity index (χ1) is 9.79. The van der Waals surface area contributed by atoms with Crippen LogP contribution in [0, 0.1) is 6.92 Å². The number of hydrogen-bond donors (Lipinski definition) is 0. The Morgan fingerprint density at radius 3 is 1.95 bits per heavy atom. The predicted molar refractivity (Wildman–Crippen MR) is 97.9 cm³/mol. The van der Waals surface area contributed by atoms with Crippen LogP contribution in [0.15, 0.2) is 48.5 Å². The maximum atomic E-state index is 2.40. The molecule has 0 aromatic heterocycles. The van der Waals surface area contributed by atoms with E-state index >= 15 is 0 Å². The fraction of sp³-hybridized carbons (Fsp3) is 0.368. The number of anilines is 2. The molecule has 0 aliphatic carbocycles. The SMILES string of the molecule is Cc1cccc(N(c2ccc([Si](C)(C)C)cc2)C(C)C)c1. The van der Waals surface area contributed by atoms with Gasteiger partial charge in [-0.1, -0.05) is 49.1 Å². The monoisotopic (exact) mass is 297 g/mol. The van der Waals surface area contributed by atoms with Gasteiger partial charge in [-0.3, -0.25) is 0 Å². The Kier molecular flexibility index (Phi) is 4.57. The van der Waals surface area contributed by atoms with Crippen molar-refractivity contribution < 1.29 is 0 Å². The van der Waals surface area contributed by atoms with Gasteiger partial charge in [-0.25, -0.2) is 0 Å². The Hall–Kier alpha value is -1.54. The molecule has 2 heteroatoms. The molecule has 0 aliphatic rings. The quantitative estimate of drug-likeness (QED) is 0.711. The minimum absolute atomic E-state index is 0.435. The van der Waals surface area contributed by atoms with Crippen molar-refractivity contribution in [2.45, 2.75) is 46.5 Å². The van der Waals surface area contributed by atoms with E-state index in [1.165, 1.54) is 22.1 Å². The van der Waals surface area contributed by atoms with Crippen LogP contribution in [-0.2, 0) is 0 Å². The molecule has 0 N–H and O–H groups in total. The molecule has 0 heterocycles. The zero-order valence-electron chi connectivity index (χ0n) is 14.1. The molecule has 112 valence electrons. The summed E-state index contributed by atoms with van der Waals surface area (Å²) in [5.41, 5.74) is 3.85. The van der Waals surface area contributed by atoms with E-state index in [0.29, 0.717) is 6.04 Å². The van der Waals surface area contributed by atoms with Gasteiger partial charge < -0.3 is 4.90 Å². The summed E-state index contributed by atoms with van der Waals surface area (Å²) in [7, 11) is -1.22. The first kappa shape index (κ1) is 15.8. The van der Waals surface area contributed by atoms with Crippen LogP contribution in [0.1, 0.15) is 19.4 Å². The van der Waals surface area contributed by atoms with Crippen LogP contribution in [-0.4, -0.2) is 14.1 Å². The lowest BCUT2D eigenvalue weighted by molar-refractivity contribution is 0.788. The maximum absolute atomic E-state index is 2.40. The number of rotatable bonds is 4. The minimum atomic E-state index is -1.22. The van der Waals surface area contributed by atoms with E-state index in [-0.39, 0.29) is 0 Å². The van der Waals surface area contributed by atoms with Gasteiger partial charge in [-0.05, 0) is 50.6 Å². The van der Waals surface area contributed by atoms with Gasteiger partial charge >= 0.3 is 0 Å². The van der Waals surface area contributed by atoms with Crippen LogP contribution in [0.3, 0.4) is 0 Å². The normalized spacial score (nSPS) is 11.8. The van der Waals surface area contributed by atoms with Crippen LogP contribution < -0.4 is 10.1 Å². The fourth-order valence-corrected chi connectivity index (χ4v) is 3.81. The van der Waals surface area contributed by atoms with Crippen molar-refractivity contribution in [3.8, 4) is 0 Å². The molecule has 0 saturated carbocycles. The summed E-state index contributed by atoms with van der Waals surface area (Å²) >= 11 is 0. The van der Waals surface area contributed by atoms with E-state index in [2.05, 4.69) is 93.8 Å². The van der Waals surface area contributed by atoms with Crippen LogP contribution in [0.5, 0.6) is 0 Å². The van der Waals surface area contributed by atoms with Crippen molar-refractivity contribution >= 4 is 24.6 Å². The molecule has 0 amide bonds. The standard InChI is InChI=1S/C19H27NSi/c1-15(2)20(18-9-7-8-16(3)14-18)17-10-12-19(13-11-17)21(4,5)6/h7-15H,1-6H3. The highest BCUT2D eigenvalue weighted by atomic mass is 28.3. The lowest BCUT2D eigenvalue weighted by Gasteiger charge is -2.30. The second-order valence-corrected chi connectivity index (χ2v) is 12.2. The van der Waals surface area contributed by atoms with E-state index in [1.54, 1.807) is 0 Å². The van der Waals surface area contributed by atoms with E-state index in [4.69, 9.17) is 0 Å². The maximum Gasteiger partial charge on any atom is 0.0775 e. The molecule has 0 fully saturated rings. The van der Waals surface area contributed by atoms with E-state index in [9.17, 15) is 0 Å². The predicted octanol–water partition coefficient (Wildman–Crippen LogP) is 5.09. The Bertz CT molecular complexity index is 594. The number of benzene rings is 2. The summed E-state index contributed by atoms with van der Waals surface area (Å²) in [6.07, 6.45) is 0. The molecule has 0 aliphatic heterocycles. The third-order valence-electron chi connectivity index (χ3n) is 3.81. The molecular weight excluding hydrogens is 270 g/mol. The number of aryl methyl sites for hydroxylation is 1. The molecule has 0 radical (unpaired) electrons. The molecule has 0 unspecified atom stereocenters.